The van der Waals surface area contributed by atoms with Crippen molar-refractivity contribution in [2.45, 2.75) is 46.1 Å². The number of aryl methyl sites for hydroxylation is 1. The normalized spacial score (nSPS) is 31.4. The van der Waals surface area contributed by atoms with E-state index in [0.717, 1.165) is 23.5 Å². The zero-order valence-corrected chi connectivity index (χ0v) is 11.5. The Hall–Kier alpha value is -0.760. The fourth-order valence-corrected chi connectivity index (χ4v) is 3.58. The fraction of sp³-hybridized carbons (Fsp3) is 0.733. The van der Waals surface area contributed by atoms with Gasteiger partial charge in [-0.3, -0.25) is 0 Å². The van der Waals surface area contributed by atoms with E-state index in [1.165, 1.54) is 24.8 Å². The third kappa shape index (κ3) is 2.92. The Morgan fingerprint density at radius 2 is 1.88 bits per heavy atom. The van der Waals surface area contributed by atoms with Crippen LogP contribution in [0.15, 0.2) is 16.7 Å². The van der Waals surface area contributed by atoms with E-state index in [1.807, 2.05) is 13.2 Å². The molecule has 17 heavy (non-hydrogen) atoms. The molecular weight excluding hydrogens is 210 g/mol. The van der Waals surface area contributed by atoms with E-state index in [1.54, 1.807) is 0 Å². The third-order valence-electron chi connectivity index (χ3n) is 4.11. The highest BCUT2D eigenvalue weighted by molar-refractivity contribution is 5.17. The second-order valence-corrected chi connectivity index (χ2v) is 5.93. The topological polar surface area (TPSA) is 25.2 Å². The average Bonchev–Trinajstić information content (AvgIpc) is 2.64. The third-order valence-corrected chi connectivity index (χ3v) is 4.11. The van der Waals surface area contributed by atoms with Crippen molar-refractivity contribution in [1.82, 2.24) is 5.32 Å². The molecule has 2 heteroatoms. The molecule has 2 rings (SSSR count). The summed E-state index contributed by atoms with van der Waals surface area (Å²) in [6.07, 6.45) is 5.97. The highest BCUT2D eigenvalue weighted by Gasteiger charge is 2.30. The van der Waals surface area contributed by atoms with Crippen LogP contribution in [-0.2, 0) is 0 Å². The molecule has 0 aromatic carbocycles. The molecule has 0 bridgehead atoms. The number of hydrogen-bond acceptors (Lipinski definition) is 2. The van der Waals surface area contributed by atoms with Crippen LogP contribution in [0.3, 0.4) is 0 Å². The van der Waals surface area contributed by atoms with Crippen LogP contribution in [0.5, 0.6) is 0 Å². The lowest BCUT2D eigenvalue weighted by Crippen LogP contribution is -2.31. The molecule has 1 aromatic rings. The summed E-state index contributed by atoms with van der Waals surface area (Å²) >= 11 is 0. The number of furan rings is 1. The van der Waals surface area contributed by atoms with Crippen LogP contribution in [0.2, 0.25) is 0 Å². The molecule has 0 amide bonds. The summed E-state index contributed by atoms with van der Waals surface area (Å²) in [5.74, 6) is 3.47. The van der Waals surface area contributed by atoms with Crippen molar-refractivity contribution in [1.29, 1.82) is 0 Å². The monoisotopic (exact) mass is 235 g/mol. The van der Waals surface area contributed by atoms with Gasteiger partial charge in [-0.15, -0.1) is 0 Å². The van der Waals surface area contributed by atoms with E-state index in [0.29, 0.717) is 6.04 Å². The molecule has 1 heterocycles. The van der Waals surface area contributed by atoms with Gasteiger partial charge in [-0.25, -0.2) is 0 Å². The minimum atomic E-state index is 0.456. The van der Waals surface area contributed by atoms with Gasteiger partial charge in [0.1, 0.15) is 5.76 Å². The zero-order chi connectivity index (χ0) is 12.4. The maximum absolute atomic E-state index is 5.45. The molecule has 0 aliphatic heterocycles. The van der Waals surface area contributed by atoms with Gasteiger partial charge in [-0.05, 0) is 57.1 Å². The summed E-state index contributed by atoms with van der Waals surface area (Å²) in [5, 5.41) is 3.48. The average molecular weight is 235 g/mol. The van der Waals surface area contributed by atoms with Crippen molar-refractivity contribution < 1.29 is 4.42 Å². The Kier molecular flexibility index (Phi) is 3.93. The van der Waals surface area contributed by atoms with Gasteiger partial charge < -0.3 is 9.73 Å². The van der Waals surface area contributed by atoms with E-state index in [9.17, 15) is 0 Å². The fourth-order valence-electron chi connectivity index (χ4n) is 3.58. The van der Waals surface area contributed by atoms with Gasteiger partial charge in [0.05, 0.1) is 6.26 Å². The predicted octanol–water partition coefficient (Wildman–Crippen LogP) is 3.92. The van der Waals surface area contributed by atoms with Gasteiger partial charge in [0, 0.05) is 11.6 Å². The molecule has 1 N–H and O–H groups in total. The highest BCUT2D eigenvalue weighted by Crippen LogP contribution is 2.39. The Morgan fingerprint density at radius 3 is 2.35 bits per heavy atom. The lowest BCUT2D eigenvalue weighted by atomic mass is 9.72. The van der Waals surface area contributed by atoms with Crippen molar-refractivity contribution in [3.8, 4) is 0 Å². The Labute approximate surface area is 105 Å². The van der Waals surface area contributed by atoms with E-state index < -0.39 is 0 Å². The predicted molar refractivity (Wildman–Crippen MR) is 70.9 cm³/mol. The first-order valence-corrected chi connectivity index (χ1v) is 6.82. The number of nitrogens with one attached hydrogen (secondary N) is 1. The van der Waals surface area contributed by atoms with E-state index in [-0.39, 0.29) is 0 Å². The Balaban J connectivity index is 2.12. The number of rotatable bonds is 3. The summed E-state index contributed by atoms with van der Waals surface area (Å²) in [5.41, 5.74) is 1.32. The van der Waals surface area contributed by atoms with Gasteiger partial charge in [-0.1, -0.05) is 13.8 Å². The maximum atomic E-state index is 5.45. The first-order valence-electron chi connectivity index (χ1n) is 6.82. The Bertz CT molecular complexity index is 348. The molecule has 2 nitrogen and oxygen atoms in total. The van der Waals surface area contributed by atoms with Gasteiger partial charge in [0.25, 0.3) is 0 Å². The summed E-state index contributed by atoms with van der Waals surface area (Å²) < 4.78 is 5.45. The molecule has 1 fully saturated rings. The lowest BCUT2D eigenvalue weighted by Gasteiger charge is -2.36. The van der Waals surface area contributed by atoms with Crippen molar-refractivity contribution in [2.24, 2.45) is 17.8 Å². The van der Waals surface area contributed by atoms with Crippen LogP contribution in [-0.4, -0.2) is 7.05 Å². The smallest absolute Gasteiger partial charge is 0.101 e. The van der Waals surface area contributed by atoms with Gasteiger partial charge >= 0.3 is 0 Å². The van der Waals surface area contributed by atoms with Crippen molar-refractivity contribution in [3.63, 3.8) is 0 Å². The molecule has 0 radical (unpaired) electrons. The van der Waals surface area contributed by atoms with Crippen LogP contribution >= 0.6 is 0 Å². The molecule has 3 unspecified atom stereocenters. The lowest BCUT2D eigenvalue weighted by molar-refractivity contribution is 0.180. The molecule has 0 saturated heterocycles. The van der Waals surface area contributed by atoms with Crippen molar-refractivity contribution in [3.05, 3.63) is 23.7 Å². The molecule has 1 aliphatic rings. The van der Waals surface area contributed by atoms with Crippen LogP contribution in [0.1, 0.15) is 50.5 Å². The molecular formula is C15H25NO. The summed E-state index contributed by atoms with van der Waals surface area (Å²) in [6.45, 7) is 6.79. The molecule has 1 aromatic heterocycles. The van der Waals surface area contributed by atoms with Crippen LogP contribution in [0, 0.1) is 24.7 Å². The van der Waals surface area contributed by atoms with Crippen LogP contribution in [0.25, 0.3) is 0 Å². The largest absolute Gasteiger partial charge is 0.469 e. The first-order chi connectivity index (χ1) is 8.10. The zero-order valence-electron chi connectivity index (χ0n) is 11.5. The van der Waals surface area contributed by atoms with Crippen molar-refractivity contribution in [2.75, 3.05) is 7.05 Å². The van der Waals surface area contributed by atoms with E-state index in [2.05, 4.69) is 32.3 Å². The summed E-state index contributed by atoms with van der Waals surface area (Å²) in [4.78, 5) is 0. The van der Waals surface area contributed by atoms with Crippen LogP contribution < -0.4 is 5.32 Å². The summed E-state index contributed by atoms with van der Waals surface area (Å²) in [6, 6.07) is 2.63. The standard InChI is InChI=1S/C15H25NO/c1-10-5-11(2)7-13(6-10)15(16-4)14-8-12(3)17-9-14/h8-11,13,15-16H,5-7H2,1-4H3. The summed E-state index contributed by atoms with van der Waals surface area (Å²) in [7, 11) is 2.07. The molecule has 1 saturated carbocycles. The highest BCUT2D eigenvalue weighted by atomic mass is 16.3. The van der Waals surface area contributed by atoms with Crippen molar-refractivity contribution >= 4 is 0 Å². The molecule has 1 aliphatic carbocycles. The van der Waals surface area contributed by atoms with Crippen LogP contribution in [0.4, 0.5) is 0 Å². The first kappa shape index (κ1) is 12.7. The molecule has 0 spiro atoms. The minimum Gasteiger partial charge on any atom is -0.469 e. The van der Waals surface area contributed by atoms with E-state index in [4.69, 9.17) is 4.42 Å². The second kappa shape index (κ2) is 5.26. The SMILES string of the molecule is CNC(c1coc(C)c1)C1CC(C)CC(C)C1. The second-order valence-electron chi connectivity index (χ2n) is 5.93. The van der Waals surface area contributed by atoms with Gasteiger partial charge in [0.2, 0.25) is 0 Å². The molecule has 96 valence electrons. The maximum Gasteiger partial charge on any atom is 0.101 e. The minimum absolute atomic E-state index is 0.456. The molecule has 3 atom stereocenters. The van der Waals surface area contributed by atoms with Gasteiger partial charge in [-0.2, -0.15) is 0 Å². The quantitative estimate of drug-likeness (QED) is 0.859. The van der Waals surface area contributed by atoms with E-state index >= 15 is 0 Å². The number of hydrogen-bond donors (Lipinski definition) is 1. The van der Waals surface area contributed by atoms with Gasteiger partial charge in [0.15, 0.2) is 0 Å². The Morgan fingerprint density at radius 1 is 1.24 bits per heavy atom.